The first-order chi connectivity index (χ1) is 15.3. The van der Waals surface area contributed by atoms with Gasteiger partial charge >= 0.3 is 6.03 Å². The number of carbonyl (C=O) groups is 4. The topological polar surface area (TPSA) is 108 Å². The minimum atomic E-state index is -0.934. The minimum absolute atomic E-state index is 0.104. The second-order valence-corrected chi connectivity index (χ2v) is 9.40. The molecular formula is C24H32N4O4. The van der Waals surface area contributed by atoms with E-state index in [-0.39, 0.29) is 17.9 Å². The number of anilines is 1. The van der Waals surface area contributed by atoms with E-state index in [0.29, 0.717) is 24.1 Å². The predicted molar refractivity (Wildman–Crippen MR) is 120 cm³/mol. The third-order valence-corrected chi connectivity index (χ3v) is 7.10. The molecule has 2 aliphatic carbocycles. The van der Waals surface area contributed by atoms with Crippen LogP contribution in [0.25, 0.3) is 0 Å². The molecule has 3 aliphatic rings. The molecule has 4 rings (SSSR count). The lowest BCUT2D eigenvalue weighted by Crippen LogP contribution is -2.48. The molecule has 172 valence electrons. The summed E-state index contributed by atoms with van der Waals surface area (Å²) < 4.78 is 0. The van der Waals surface area contributed by atoms with Gasteiger partial charge in [-0.25, -0.2) is 9.69 Å². The molecular weight excluding hydrogens is 408 g/mol. The van der Waals surface area contributed by atoms with Crippen molar-refractivity contribution < 1.29 is 19.2 Å². The lowest BCUT2D eigenvalue weighted by molar-refractivity contribution is -0.136. The van der Waals surface area contributed by atoms with Crippen LogP contribution in [0.15, 0.2) is 18.2 Å². The molecule has 1 unspecified atom stereocenters. The average Bonchev–Trinajstić information content (AvgIpc) is 3.34. The Bertz CT molecular complexity index is 932. The highest BCUT2D eigenvalue weighted by molar-refractivity contribution is 6.11. The molecule has 8 heteroatoms. The Morgan fingerprint density at radius 3 is 2.44 bits per heavy atom. The smallest absolute Gasteiger partial charge is 0.325 e. The number of amides is 5. The number of hydrogen-bond donors (Lipinski definition) is 3. The van der Waals surface area contributed by atoms with Crippen molar-refractivity contribution in [2.24, 2.45) is 0 Å². The van der Waals surface area contributed by atoms with E-state index in [1.54, 1.807) is 25.1 Å². The normalized spacial score (nSPS) is 21.5. The first-order valence-electron chi connectivity index (χ1n) is 11.7. The summed E-state index contributed by atoms with van der Waals surface area (Å²) in [6.07, 6.45) is 8.56. The van der Waals surface area contributed by atoms with Gasteiger partial charge in [0, 0.05) is 17.3 Å². The molecule has 1 aliphatic heterocycles. The van der Waals surface area contributed by atoms with E-state index in [1.165, 1.54) is 6.42 Å². The van der Waals surface area contributed by atoms with Gasteiger partial charge in [0.05, 0.1) is 0 Å². The van der Waals surface area contributed by atoms with Gasteiger partial charge in [-0.2, -0.15) is 0 Å². The molecule has 32 heavy (non-hydrogen) atoms. The van der Waals surface area contributed by atoms with E-state index in [1.807, 2.05) is 6.92 Å². The van der Waals surface area contributed by atoms with Gasteiger partial charge in [0.15, 0.2) is 0 Å². The standard InChI is InChI=1S/C24H32N4O4/c1-15-14-17(21(30)25-18-8-4-3-5-9-18)10-11-19(15)26-20(29)16(2)28-22(31)24(27-23(28)32)12-6-7-13-24/h10-11,14,16,18H,3-9,12-13H2,1-2H3,(H,25,30)(H,26,29)(H,27,32). The SMILES string of the molecule is Cc1cc(C(=O)NC2CCCCC2)ccc1NC(=O)C(C)N1C(=O)NC2(CCCC2)C1=O. The highest BCUT2D eigenvalue weighted by Gasteiger charge is 2.54. The number of urea groups is 1. The van der Waals surface area contributed by atoms with E-state index < -0.39 is 23.5 Å². The Kier molecular flexibility index (Phi) is 6.22. The maximum atomic E-state index is 12.9. The van der Waals surface area contributed by atoms with Gasteiger partial charge in [-0.05, 0) is 63.3 Å². The van der Waals surface area contributed by atoms with Crippen LogP contribution in [0.5, 0.6) is 0 Å². The highest BCUT2D eigenvalue weighted by atomic mass is 16.2. The molecule has 0 radical (unpaired) electrons. The summed E-state index contributed by atoms with van der Waals surface area (Å²) in [6.45, 7) is 3.38. The van der Waals surface area contributed by atoms with Gasteiger partial charge in [-0.1, -0.05) is 32.1 Å². The third-order valence-electron chi connectivity index (χ3n) is 7.10. The van der Waals surface area contributed by atoms with E-state index >= 15 is 0 Å². The number of imide groups is 1. The minimum Gasteiger partial charge on any atom is -0.349 e. The molecule has 1 atom stereocenters. The molecule has 2 saturated carbocycles. The lowest BCUT2D eigenvalue weighted by Gasteiger charge is -2.24. The van der Waals surface area contributed by atoms with Gasteiger partial charge < -0.3 is 16.0 Å². The maximum Gasteiger partial charge on any atom is 0.325 e. The second kappa shape index (κ2) is 8.92. The van der Waals surface area contributed by atoms with Crippen LogP contribution in [-0.4, -0.2) is 46.3 Å². The quantitative estimate of drug-likeness (QED) is 0.611. The summed E-state index contributed by atoms with van der Waals surface area (Å²) in [7, 11) is 0. The van der Waals surface area contributed by atoms with Gasteiger partial charge in [-0.15, -0.1) is 0 Å². The monoisotopic (exact) mass is 440 g/mol. The van der Waals surface area contributed by atoms with Crippen molar-refractivity contribution in [3.8, 4) is 0 Å². The number of carbonyl (C=O) groups excluding carboxylic acids is 4. The fraction of sp³-hybridized carbons (Fsp3) is 0.583. The van der Waals surface area contributed by atoms with Crippen molar-refractivity contribution >= 4 is 29.4 Å². The molecule has 1 aromatic rings. The Hall–Kier alpha value is -2.90. The van der Waals surface area contributed by atoms with Crippen LogP contribution in [-0.2, 0) is 9.59 Å². The van der Waals surface area contributed by atoms with Crippen molar-refractivity contribution in [3.63, 3.8) is 0 Å². The van der Waals surface area contributed by atoms with E-state index in [0.717, 1.165) is 49.0 Å². The van der Waals surface area contributed by atoms with E-state index in [2.05, 4.69) is 16.0 Å². The Morgan fingerprint density at radius 1 is 1.09 bits per heavy atom. The van der Waals surface area contributed by atoms with Crippen LogP contribution < -0.4 is 16.0 Å². The predicted octanol–water partition coefficient (Wildman–Crippen LogP) is 3.25. The molecule has 0 aromatic heterocycles. The summed E-state index contributed by atoms with van der Waals surface area (Å²) in [5, 5.41) is 8.71. The summed E-state index contributed by atoms with van der Waals surface area (Å²) in [6, 6.07) is 3.91. The number of nitrogens with one attached hydrogen (secondary N) is 3. The Labute approximate surface area is 188 Å². The molecule has 3 fully saturated rings. The van der Waals surface area contributed by atoms with Gasteiger partial charge in [0.1, 0.15) is 11.6 Å². The van der Waals surface area contributed by atoms with Gasteiger partial charge in [0.2, 0.25) is 5.91 Å². The summed E-state index contributed by atoms with van der Waals surface area (Å²) in [5.74, 6) is -0.854. The number of hydrogen-bond acceptors (Lipinski definition) is 4. The van der Waals surface area contributed by atoms with E-state index in [9.17, 15) is 19.2 Å². The van der Waals surface area contributed by atoms with Gasteiger partial charge in [-0.3, -0.25) is 14.4 Å². The van der Waals surface area contributed by atoms with Crippen LogP contribution >= 0.6 is 0 Å². The van der Waals surface area contributed by atoms with Crippen LogP contribution in [0.2, 0.25) is 0 Å². The average molecular weight is 441 g/mol. The number of benzene rings is 1. The highest BCUT2D eigenvalue weighted by Crippen LogP contribution is 2.36. The van der Waals surface area contributed by atoms with Crippen molar-refractivity contribution in [2.75, 3.05) is 5.32 Å². The van der Waals surface area contributed by atoms with E-state index in [4.69, 9.17) is 0 Å². The van der Waals surface area contributed by atoms with Crippen LogP contribution in [0, 0.1) is 6.92 Å². The summed E-state index contributed by atoms with van der Waals surface area (Å²) >= 11 is 0. The summed E-state index contributed by atoms with van der Waals surface area (Å²) in [4.78, 5) is 51.9. The van der Waals surface area contributed by atoms with Crippen LogP contribution in [0.1, 0.15) is 80.6 Å². The van der Waals surface area contributed by atoms with Crippen LogP contribution in [0.3, 0.4) is 0 Å². The zero-order valence-electron chi connectivity index (χ0n) is 18.8. The maximum absolute atomic E-state index is 12.9. The van der Waals surface area contributed by atoms with Crippen molar-refractivity contribution in [1.29, 1.82) is 0 Å². The lowest BCUT2D eigenvalue weighted by atomic mass is 9.95. The number of nitrogens with zero attached hydrogens (tertiary/aromatic N) is 1. The van der Waals surface area contributed by atoms with Crippen molar-refractivity contribution in [1.82, 2.24) is 15.5 Å². The zero-order valence-corrected chi connectivity index (χ0v) is 18.8. The third kappa shape index (κ3) is 4.23. The molecule has 3 N–H and O–H groups in total. The fourth-order valence-corrected chi connectivity index (χ4v) is 5.13. The number of aryl methyl sites for hydroxylation is 1. The summed E-state index contributed by atoms with van der Waals surface area (Å²) in [5.41, 5.74) is 1.01. The Morgan fingerprint density at radius 2 is 1.78 bits per heavy atom. The molecule has 1 spiro atoms. The zero-order chi connectivity index (χ0) is 22.9. The second-order valence-electron chi connectivity index (χ2n) is 9.40. The van der Waals surface area contributed by atoms with Crippen molar-refractivity contribution in [3.05, 3.63) is 29.3 Å². The molecule has 8 nitrogen and oxygen atoms in total. The molecule has 1 saturated heterocycles. The molecule has 1 aromatic carbocycles. The number of rotatable bonds is 5. The van der Waals surface area contributed by atoms with Crippen LogP contribution in [0.4, 0.5) is 10.5 Å². The Balaban J connectivity index is 1.40. The fourth-order valence-electron chi connectivity index (χ4n) is 5.13. The van der Waals surface area contributed by atoms with Gasteiger partial charge in [0.25, 0.3) is 11.8 Å². The largest absolute Gasteiger partial charge is 0.349 e. The van der Waals surface area contributed by atoms with Crippen molar-refractivity contribution in [2.45, 2.75) is 89.3 Å². The first kappa shape index (κ1) is 22.3. The molecule has 0 bridgehead atoms. The molecule has 5 amide bonds. The molecule has 1 heterocycles. The first-order valence-corrected chi connectivity index (χ1v) is 11.7.